The second-order valence-electron chi connectivity index (χ2n) is 4.91. The lowest BCUT2D eigenvalue weighted by atomic mass is 10.0. The van der Waals surface area contributed by atoms with Crippen LogP contribution in [0.5, 0.6) is 0 Å². The summed E-state index contributed by atoms with van der Waals surface area (Å²) in [7, 11) is 0. The van der Waals surface area contributed by atoms with Crippen molar-refractivity contribution in [2.75, 3.05) is 5.75 Å². The summed E-state index contributed by atoms with van der Waals surface area (Å²) in [5, 5.41) is 0. The summed E-state index contributed by atoms with van der Waals surface area (Å²) in [5.41, 5.74) is 9.50. The standard InChI is InChI=1S/C16H17F2NS/c1-10-5-11(2)7-12(6-10)15(19)9-20-16-4-3-13(17)8-14(16)18/h3-8,15H,9,19H2,1-2H3. The van der Waals surface area contributed by atoms with Crippen molar-refractivity contribution in [3.05, 3.63) is 64.7 Å². The van der Waals surface area contributed by atoms with Gasteiger partial charge in [0.2, 0.25) is 0 Å². The minimum absolute atomic E-state index is 0.178. The Hall–Kier alpha value is -1.39. The van der Waals surface area contributed by atoms with Crippen molar-refractivity contribution in [1.29, 1.82) is 0 Å². The molecule has 2 aromatic rings. The summed E-state index contributed by atoms with van der Waals surface area (Å²) in [6.45, 7) is 4.05. The third kappa shape index (κ3) is 3.81. The summed E-state index contributed by atoms with van der Waals surface area (Å²) < 4.78 is 26.4. The molecule has 0 aliphatic heterocycles. The molecule has 0 amide bonds. The lowest BCUT2D eigenvalue weighted by Crippen LogP contribution is -2.13. The maximum atomic E-state index is 13.5. The number of nitrogens with two attached hydrogens (primary N) is 1. The molecule has 0 aromatic heterocycles. The van der Waals surface area contributed by atoms with E-state index in [-0.39, 0.29) is 6.04 Å². The highest BCUT2D eigenvalue weighted by Gasteiger charge is 2.10. The molecular formula is C16H17F2NS. The fourth-order valence-corrected chi connectivity index (χ4v) is 3.00. The van der Waals surface area contributed by atoms with Crippen molar-refractivity contribution in [3.63, 3.8) is 0 Å². The van der Waals surface area contributed by atoms with Crippen LogP contribution in [0.25, 0.3) is 0 Å². The number of thioether (sulfide) groups is 1. The van der Waals surface area contributed by atoms with Crippen molar-refractivity contribution in [2.24, 2.45) is 5.73 Å². The normalized spacial score (nSPS) is 12.4. The van der Waals surface area contributed by atoms with E-state index in [0.717, 1.165) is 22.8 Å². The van der Waals surface area contributed by atoms with E-state index < -0.39 is 11.6 Å². The molecule has 2 rings (SSSR count). The minimum atomic E-state index is -0.564. The summed E-state index contributed by atoms with van der Waals surface area (Å²) in [6.07, 6.45) is 0. The third-order valence-corrected chi connectivity index (χ3v) is 4.15. The Balaban J connectivity index is 2.06. The minimum Gasteiger partial charge on any atom is -0.323 e. The molecule has 2 N–H and O–H groups in total. The Labute approximate surface area is 122 Å². The van der Waals surface area contributed by atoms with Gasteiger partial charge in [0.25, 0.3) is 0 Å². The zero-order valence-corrected chi connectivity index (χ0v) is 12.3. The first-order valence-electron chi connectivity index (χ1n) is 6.37. The predicted octanol–water partition coefficient (Wildman–Crippen LogP) is 4.37. The molecule has 0 radical (unpaired) electrons. The van der Waals surface area contributed by atoms with Gasteiger partial charge in [0.1, 0.15) is 11.6 Å². The van der Waals surface area contributed by atoms with Gasteiger partial charge in [-0.2, -0.15) is 0 Å². The van der Waals surface area contributed by atoms with Crippen molar-refractivity contribution in [2.45, 2.75) is 24.8 Å². The molecule has 1 nitrogen and oxygen atoms in total. The lowest BCUT2D eigenvalue weighted by molar-refractivity contribution is 0.565. The van der Waals surface area contributed by atoms with Gasteiger partial charge in [0.15, 0.2) is 0 Å². The molecule has 2 aromatic carbocycles. The summed E-state index contributed by atoms with van der Waals surface area (Å²) >= 11 is 1.30. The Bertz CT molecular complexity index is 593. The maximum Gasteiger partial charge on any atom is 0.139 e. The van der Waals surface area contributed by atoms with Gasteiger partial charge in [-0.15, -0.1) is 11.8 Å². The van der Waals surface area contributed by atoms with Gasteiger partial charge < -0.3 is 5.73 Å². The molecule has 0 bridgehead atoms. The zero-order chi connectivity index (χ0) is 14.7. The lowest BCUT2D eigenvalue weighted by Gasteiger charge is -2.14. The average molecular weight is 293 g/mol. The third-order valence-electron chi connectivity index (χ3n) is 2.98. The molecule has 0 aliphatic carbocycles. The van der Waals surface area contributed by atoms with Crippen LogP contribution in [-0.4, -0.2) is 5.75 Å². The van der Waals surface area contributed by atoms with Gasteiger partial charge in [-0.05, 0) is 31.5 Å². The van der Waals surface area contributed by atoms with Crippen LogP contribution in [0, 0.1) is 25.5 Å². The Morgan fingerprint density at radius 1 is 1.05 bits per heavy atom. The van der Waals surface area contributed by atoms with Gasteiger partial charge in [-0.3, -0.25) is 0 Å². The molecule has 4 heteroatoms. The molecule has 0 spiro atoms. The average Bonchev–Trinajstić information content (AvgIpc) is 2.36. The fraction of sp³-hybridized carbons (Fsp3) is 0.250. The number of hydrogen-bond donors (Lipinski definition) is 1. The number of aryl methyl sites for hydroxylation is 2. The van der Waals surface area contributed by atoms with E-state index in [1.54, 1.807) is 0 Å². The van der Waals surface area contributed by atoms with E-state index in [2.05, 4.69) is 6.07 Å². The van der Waals surface area contributed by atoms with E-state index >= 15 is 0 Å². The molecule has 0 aliphatic rings. The van der Waals surface area contributed by atoms with Gasteiger partial charge in [-0.25, -0.2) is 8.78 Å². The van der Waals surface area contributed by atoms with Crippen molar-refractivity contribution >= 4 is 11.8 Å². The molecule has 1 atom stereocenters. The quantitative estimate of drug-likeness (QED) is 0.847. The van der Waals surface area contributed by atoms with Crippen LogP contribution in [0.15, 0.2) is 41.3 Å². The van der Waals surface area contributed by atoms with Crippen LogP contribution >= 0.6 is 11.8 Å². The Morgan fingerprint density at radius 2 is 1.70 bits per heavy atom. The molecule has 1 unspecified atom stereocenters. The van der Waals surface area contributed by atoms with Crippen LogP contribution in [0.2, 0.25) is 0 Å². The van der Waals surface area contributed by atoms with Crippen LogP contribution in [0.1, 0.15) is 22.7 Å². The Kier molecular flexibility index (Phi) is 4.78. The number of rotatable bonds is 4. The second kappa shape index (κ2) is 6.37. The molecular weight excluding hydrogens is 276 g/mol. The molecule has 0 saturated heterocycles. The van der Waals surface area contributed by atoms with Crippen molar-refractivity contribution < 1.29 is 8.78 Å². The van der Waals surface area contributed by atoms with Crippen LogP contribution in [0.4, 0.5) is 8.78 Å². The zero-order valence-electron chi connectivity index (χ0n) is 11.5. The van der Waals surface area contributed by atoms with Crippen LogP contribution in [0.3, 0.4) is 0 Å². The largest absolute Gasteiger partial charge is 0.323 e. The predicted molar refractivity (Wildman–Crippen MR) is 79.9 cm³/mol. The summed E-state index contributed by atoms with van der Waals surface area (Å²) in [4.78, 5) is 0.422. The molecule has 0 heterocycles. The second-order valence-corrected chi connectivity index (χ2v) is 5.98. The smallest absolute Gasteiger partial charge is 0.139 e. The fourth-order valence-electron chi connectivity index (χ4n) is 2.09. The topological polar surface area (TPSA) is 26.0 Å². The van der Waals surface area contributed by atoms with E-state index in [4.69, 9.17) is 5.73 Å². The molecule has 0 saturated carbocycles. The van der Waals surface area contributed by atoms with Gasteiger partial charge in [-0.1, -0.05) is 29.3 Å². The van der Waals surface area contributed by atoms with E-state index in [1.165, 1.54) is 23.9 Å². The Morgan fingerprint density at radius 3 is 2.30 bits per heavy atom. The monoisotopic (exact) mass is 293 g/mol. The highest BCUT2D eigenvalue weighted by molar-refractivity contribution is 7.99. The van der Waals surface area contributed by atoms with Crippen molar-refractivity contribution in [1.82, 2.24) is 0 Å². The number of hydrogen-bond acceptors (Lipinski definition) is 2. The van der Waals surface area contributed by atoms with Gasteiger partial charge in [0.05, 0.1) is 0 Å². The molecule has 0 fully saturated rings. The van der Waals surface area contributed by atoms with Gasteiger partial charge in [0, 0.05) is 22.8 Å². The molecule has 106 valence electrons. The van der Waals surface area contributed by atoms with E-state index in [1.807, 2.05) is 26.0 Å². The maximum absolute atomic E-state index is 13.5. The SMILES string of the molecule is Cc1cc(C)cc(C(N)CSc2ccc(F)cc2F)c1. The van der Waals surface area contributed by atoms with E-state index in [9.17, 15) is 8.78 Å². The van der Waals surface area contributed by atoms with Crippen LogP contribution in [-0.2, 0) is 0 Å². The highest BCUT2D eigenvalue weighted by Crippen LogP contribution is 2.27. The molecule has 20 heavy (non-hydrogen) atoms. The van der Waals surface area contributed by atoms with Crippen molar-refractivity contribution in [3.8, 4) is 0 Å². The summed E-state index contributed by atoms with van der Waals surface area (Å²) in [6, 6.07) is 9.59. The van der Waals surface area contributed by atoms with Crippen LogP contribution < -0.4 is 5.73 Å². The van der Waals surface area contributed by atoms with Gasteiger partial charge >= 0.3 is 0 Å². The first-order chi connectivity index (χ1) is 9.45. The first-order valence-corrected chi connectivity index (χ1v) is 7.36. The number of benzene rings is 2. The first kappa shape index (κ1) is 15.0. The summed E-state index contributed by atoms with van der Waals surface area (Å²) in [5.74, 6) is -0.557. The van der Waals surface area contributed by atoms with E-state index in [0.29, 0.717) is 10.6 Å². The highest BCUT2D eigenvalue weighted by atomic mass is 32.2. The number of halogens is 2.